The molecule has 0 radical (unpaired) electrons. The highest BCUT2D eigenvalue weighted by atomic mass is 35.5. The largest absolute Gasteiger partial charge is 0.465 e. The standard InChI is InChI=1S/C17H13ClN2O7/c1-26-16(22)11-4-2-3-5-12(11)17(23)27-9-15(21)19-10-6-7-13(18)14(8-10)20(24)25/h2-8H,9H2,1H3,(H,19,21). The Balaban J connectivity index is 2.02. The van der Waals surface area contributed by atoms with Crippen molar-refractivity contribution in [3.8, 4) is 0 Å². The smallest absolute Gasteiger partial charge is 0.339 e. The zero-order chi connectivity index (χ0) is 20.0. The van der Waals surface area contributed by atoms with E-state index >= 15 is 0 Å². The number of carbonyl (C=O) groups excluding carboxylic acids is 3. The summed E-state index contributed by atoms with van der Waals surface area (Å²) in [5, 5.41) is 13.1. The molecule has 0 fully saturated rings. The molecule has 1 amide bonds. The zero-order valence-electron chi connectivity index (χ0n) is 13.9. The van der Waals surface area contributed by atoms with Crippen LogP contribution in [0.3, 0.4) is 0 Å². The van der Waals surface area contributed by atoms with Crippen LogP contribution in [0.25, 0.3) is 0 Å². The van der Waals surface area contributed by atoms with Crippen LogP contribution in [0.2, 0.25) is 5.02 Å². The minimum atomic E-state index is -0.895. The Morgan fingerprint density at radius 3 is 2.33 bits per heavy atom. The van der Waals surface area contributed by atoms with Crippen molar-refractivity contribution in [3.63, 3.8) is 0 Å². The number of anilines is 1. The number of methoxy groups -OCH3 is 1. The van der Waals surface area contributed by atoms with Gasteiger partial charge in [-0.05, 0) is 24.3 Å². The third kappa shape index (κ3) is 5.02. The number of nitrogens with zero attached hydrogens (tertiary/aromatic N) is 1. The Hall–Kier alpha value is -3.46. The Kier molecular flexibility index (Phi) is 6.45. The topological polar surface area (TPSA) is 125 Å². The molecular weight excluding hydrogens is 380 g/mol. The Morgan fingerprint density at radius 2 is 1.74 bits per heavy atom. The van der Waals surface area contributed by atoms with Crippen LogP contribution in [-0.2, 0) is 14.3 Å². The number of benzene rings is 2. The van der Waals surface area contributed by atoms with E-state index in [4.69, 9.17) is 16.3 Å². The number of amides is 1. The van der Waals surface area contributed by atoms with E-state index in [2.05, 4.69) is 10.1 Å². The third-order valence-electron chi connectivity index (χ3n) is 3.31. The maximum Gasteiger partial charge on any atom is 0.339 e. The second kappa shape index (κ2) is 8.77. The minimum absolute atomic E-state index is 0.00117. The Morgan fingerprint density at radius 1 is 1.11 bits per heavy atom. The van der Waals surface area contributed by atoms with E-state index in [0.29, 0.717) is 0 Å². The summed E-state index contributed by atoms with van der Waals surface area (Å²) < 4.78 is 9.46. The van der Waals surface area contributed by atoms with Crippen LogP contribution in [0.1, 0.15) is 20.7 Å². The summed E-state index contributed by atoms with van der Waals surface area (Å²) in [6.45, 7) is -0.662. The zero-order valence-corrected chi connectivity index (χ0v) is 14.7. The number of nitro groups is 1. The number of ether oxygens (including phenoxy) is 2. The van der Waals surface area contributed by atoms with E-state index in [0.717, 1.165) is 6.07 Å². The predicted molar refractivity (Wildman–Crippen MR) is 94.8 cm³/mol. The van der Waals surface area contributed by atoms with Crippen LogP contribution >= 0.6 is 11.6 Å². The number of nitro benzene ring substituents is 1. The minimum Gasteiger partial charge on any atom is -0.465 e. The van der Waals surface area contributed by atoms with Crippen LogP contribution in [-0.4, -0.2) is 36.5 Å². The molecular formula is C17H13ClN2O7. The molecule has 0 aliphatic carbocycles. The molecule has 2 rings (SSSR count). The summed E-state index contributed by atoms with van der Waals surface area (Å²) in [6, 6.07) is 9.51. The van der Waals surface area contributed by atoms with Crippen LogP contribution in [0, 0.1) is 10.1 Å². The van der Waals surface area contributed by atoms with Crippen molar-refractivity contribution in [2.24, 2.45) is 0 Å². The first-order valence-electron chi connectivity index (χ1n) is 7.41. The van der Waals surface area contributed by atoms with Crippen LogP contribution in [0.5, 0.6) is 0 Å². The van der Waals surface area contributed by atoms with E-state index in [1.165, 1.54) is 37.4 Å². The van der Waals surface area contributed by atoms with Gasteiger partial charge in [-0.15, -0.1) is 0 Å². The third-order valence-corrected chi connectivity index (χ3v) is 3.63. The lowest BCUT2D eigenvalue weighted by Gasteiger charge is -2.09. The molecule has 1 N–H and O–H groups in total. The molecule has 0 unspecified atom stereocenters. The van der Waals surface area contributed by atoms with Gasteiger partial charge in [0.25, 0.3) is 11.6 Å². The normalized spacial score (nSPS) is 10.0. The summed E-state index contributed by atoms with van der Waals surface area (Å²) in [6.07, 6.45) is 0. The molecule has 10 heteroatoms. The van der Waals surface area contributed by atoms with Gasteiger partial charge in [0, 0.05) is 11.8 Å². The van der Waals surface area contributed by atoms with Crippen molar-refractivity contribution in [2.45, 2.75) is 0 Å². The molecule has 0 aliphatic heterocycles. The lowest BCUT2D eigenvalue weighted by molar-refractivity contribution is -0.384. The summed E-state index contributed by atoms with van der Waals surface area (Å²) in [5.74, 6) is -2.34. The molecule has 0 atom stereocenters. The Bertz CT molecular complexity index is 914. The average molecular weight is 393 g/mol. The van der Waals surface area contributed by atoms with Crippen LogP contribution in [0.4, 0.5) is 11.4 Å². The fourth-order valence-corrected chi connectivity index (χ4v) is 2.27. The maximum atomic E-state index is 12.1. The van der Waals surface area contributed by atoms with Gasteiger partial charge in [0.05, 0.1) is 23.2 Å². The van der Waals surface area contributed by atoms with Crippen molar-refractivity contribution in [2.75, 3.05) is 19.0 Å². The highest BCUT2D eigenvalue weighted by Gasteiger charge is 2.19. The first-order chi connectivity index (χ1) is 12.8. The predicted octanol–water partition coefficient (Wildman–Crippen LogP) is 2.83. The molecule has 0 spiro atoms. The number of esters is 2. The molecule has 0 saturated carbocycles. The highest BCUT2D eigenvalue weighted by Crippen LogP contribution is 2.27. The molecule has 0 aromatic heterocycles. The van der Waals surface area contributed by atoms with Gasteiger partial charge in [-0.25, -0.2) is 9.59 Å². The monoisotopic (exact) mass is 392 g/mol. The summed E-state index contributed by atoms with van der Waals surface area (Å²) in [4.78, 5) is 45.8. The van der Waals surface area contributed by atoms with E-state index in [-0.39, 0.29) is 27.5 Å². The first-order valence-corrected chi connectivity index (χ1v) is 7.79. The average Bonchev–Trinajstić information content (AvgIpc) is 2.66. The van der Waals surface area contributed by atoms with Crippen LogP contribution < -0.4 is 5.32 Å². The molecule has 0 saturated heterocycles. The number of hydrogen-bond acceptors (Lipinski definition) is 7. The van der Waals surface area contributed by atoms with Gasteiger partial charge in [0.15, 0.2) is 6.61 Å². The van der Waals surface area contributed by atoms with Gasteiger partial charge in [-0.3, -0.25) is 14.9 Å². The molecule has 2 aromatic carbocycles. The van der Waals surface area contributed by atoms with Gasteiger partial charge < -0.3 is 14.8 Å². The van der Waals surface area contributed by atoms with Crippen LogP contribution in [0.15, 0.2) is 42.5 Å². The number of halogens is 1. The quantitative estimate of drug-likeness (QED) is 0.455. The van der Waals surface area contributed by atoms with E-state index in [1.54, 1.807) is 6.07 Å². The molecule has 0 bridgehead atoms. The fraction of sp³-hybridized carbons (Fsp3) is 0.118. The summed E-state index contributed by atoms with van der Waals surface area (Å²) in [5.41, 5.74) is -0.321. The fourth-order valence-electron chi connectivity index (χ4n) is 2.09. The van der Waals surface area contributed by atoms with Gasteiger partial charge >= 0.3 is 11.9 Å². The second-order valence-electron chi connectivity index (χ2n) is 5.08. The number of nitrogens with one attached hydrogen (secondary N) is 1. The molecule has 0 aliphatic rings. The van der Waals surface area contributed by atoms with Crippen molar-refractivity contribution >= 4 is 40.8 Å². The summed E-state index contributed by atoms with van der Waals surface area (Å²) >= 11 is 5.69. The van der Waals surface area contributed by atoms with Gasteiger partial charge in [-0.2, -0.15) is 0 Å². The van der Waals surface area contributed by atoms with Crippen molar-refractivity contribution in [1.82, 2.24) is 0 Å². The SMILES string of the molecule is COC(=O)c1ccccc1C(=O)OCC(=O)Nc1ccc(Cl)c([N+](=O)[O-])c1. The molecule has 0 heterocycles. The Labute approximate surface area is 158 Å². The highest BCUT2D eigenvalue weighted by molar-refractivity contribution is 6.32. The molecule has 27 heavy (non-hydrogen) atoms. The lowest BCUT2D eigenvalue weighted by Crippen LogP contribution is -2.22. The number of rotatable bonds is 6. The second-order valence-corrected chi connectivity index (χ2v) is 5.49. The van der Waals surface area contributed by atoms with E-state index < -0.39 is 29.4 Å². The van der Waals surface area contributed by atoms with Gasteiger partial charge in [0.2, 0.25) is 0 Å². The van der Waals surface area contributed by atoms with Gasteiger partial charge in [0.1, 0.15) is 5.02 Å². The molecule has 2 aromatic rings. The van der Waals surface area contributed by atoms with Crippen molar-refractivity contribution in [3.05, 3.63) is 68.7 Å². The maximum absolute atomic E-state index is 12.1. The first kappa shape index (κ1) is 19.9. The number of carbonyl (C=O) groups is 3. The van der Waals surface area contributed by atoms with Gasteiger partial charge in [-0.1, -0.05) is 23.7 Å². The van der Waals surface area contributed by atoms with Crippen molar-refractivity contribution < 1.29 is 28.8 Å². The van der Waals surface area contributed by atoms with Crippen molar-refractivity contribution in [1.29, 1.82) is 0 Å². The molecule has 140 valence electrons. The molecule has 9 nitrogen and oxygen atoms in total. The number of hydrogen-bond donors (Lipinski definition) is 1. The van der Waals surface area contributed by atoms with E-state index in [1.807, 2.05) is 0 Å². The lowest BCUT2D eigenvalue weighted by atomic mass is 10.1. The van der Waals surface area contributed by atoms with E-state index in [9.17, 15) is 24.5 Å². The summed E-state index contributed by atoms with van der Waals surface area (Å²) in [7, 11) is 1.17.